The van der Waals surface area contributed by atoms with E-state index in [1.165, 1.54) is 16.5 Å². The number of carbonyl (C=O) groups excluding carboxylic acids is 2. The lowest BCUT2D eigenvalue weighted by Crippen LogP contribution is -2.34. The van der Waals surface area contributed by atoms with Gasteiger partial charge in [0.15, 0.2) is 0 Å². The topological polar surface area (TPSA) is 58.6 Å². The Morgan fingerprint density at radius 1 is 1.43 bits per heavy atom. The van der Waals surface area contributed by atoms with E-state index in [2.05, 4.69) is 11.9 Å². The van der Waals surface area contributed by atoms with E-state index in [9.17, 15) is 9.59 Å². The maximum atomic E-state index is 12.1. The molecule has 112 valence electrons. The Hall–Kier alpha value is -2.30. The lowest BCUT2D eigenvalue weighted by Gasteiger charge is -2.18. The smallest absolute Gasteiger partial charge is 0.246 e. The molecule has 2 amide bonds. The van der Waals surface area contributed by atoms with Gasteiger partial charge in [-0.15, -0.1) is 0 Å². The van der Waals surface area contributed by atoms with Gasteiger partial charge in [-0.3, -0.25) is 9.59 Å². The van der Waals surface area contributed by atoms with Crippen LogP contribution in [0.1, 0.15) is 17.5 Å². The zero-order valence-electron chi connectivity index (χ0n) is 12.4. The summed E-state index contributed by atoms with van der Waals surface area (Å²) in [5.74, 6) is 0.128. The number of amides is 2. The van der Waals surface area contributed by atoms with E-state index < -0.39 is 0 Å². The van der Waals surface area contributed by atoms with E-state index in [1.807, 2.05) is 12.1 Å². The minimum Gasteiger partial charge on any atom is -0.495 e. The van der Waals surface area contributed by atoms with E-state index in [4.69, 9.17) is 4.74 Å². The van der Waals surface area contributed by atoms with Gasteiger partial charge in [0.25, 0.3) is 0 Å². The first kappa shape index (κ1) is 15.1. The molecule has 1 aliphatic carbocycles. The van der Waals surface area contributed by atoms with Crippen LogP contribution in [0.25, 0.3) is 0 Å². The summed E-state index contributed by atoms with van der Waals surface area (Å²) in [5, 5.41) is 2.88. The fourth-order valence-electron chi connectivity index (χ4n) is 2.58. The molecule has 0 fully saturated rings. The van der Waals surface area contributed by atoms with Crippen LogP contribution in [0.3, 0.4) is 0 Å². The highest BCUT2D eigenvalue weighted by atomic mass is 16.5. The number of fused-ring (bicyclic) bond motifs is 1. The summed E-state index contributed by atoms with van der Waals surface area (Å²) in [4.78, 5) is 24.8. The van der Waals surface area contributed by atoms with Crippen LogP contribution in [0.4, 0.5) is 5.69 Å². The second kappa shape index (κ2) is 6.43. The van der Waals surface area contributed by atoms with Crippen molar-refractivity contribution in [1.82, 2.24) is 4.90 Å². The second-order valence-corrected chi connectivity index (χ2v) is 5.08. The van der Waals surface area contributed by atoms with Crippen LogP contribution in [0.2, 0.25) is 0 Å². The molecule has 1 aliphatic rings. The summed E-state index contributed by atoms with van der Waals surface area (Å²) >= 11 is 0. The maximum Gasteiger partial charge on any atom is 0.246 e. The summed E-state index contributed by atoms with van der Waals surface area (Å²) in [6.07, 6.45) is 4.23. The quantitative estimate of drug-likeness (QED) is 0.840. The first-order chi connectivity index (χ1) is 10.1. The van der Waals surface area contributed by atoms with Crippen LogP contribution in [0.15, 0.2) is 24.8 Å². The van der Waals surface area contributed by atoms with Crippen molar-refractivity contribution in [3.8, 4) is 5.75 Å². The van der Waals surface area contributed by atoms with Gasteiger partial charge >= 0.3 is 0 Å². The lowest BCUT2D eigenvalue weighted by molar-refractivity contribution is -0.129. The molecule has 0 unspecified atom stereocenters. The Morgan fingerprint density at radius 2 is 2.19 bits per heavy atom. The number of carbonyl (C=O) groups is 2. The Kier molecular flexibility index (Phi) is 4.62. The number of nitrogens with zero attached hydrogens (tertiary/aromatic N) is 1. The third-order valence-electron chi connectivity index (χ3n) is 3.66. The van der Waals surface area contributed by atoms with E-state index >= 15 is 0 Å². The Balaban J connectivity index is 2.16. The molecule has 0 saturated carbocycles. The average molecular weight is 288 g/mol. The third-order valence-corrected chi connectivity index (χ3v) is 3.66. The fraction of sp³-hybridized carbons (Fsp3) is 0.375. The van der Waals surface area contributed by atoms with Crippen molar-refractivity contribution in [2.45, 2.75) is 19.3 Å². The normalized spacial score (nSPS) is 12.5. The highest BCUT2D eigenvalue weighted by molar-refractivity contribution is 5.98. The summed E-state index contributed by atoms with van der Waals surface area (Å²) < 4.78 is 5.33. The molecular weight excluding hydrogens is 268 g/mol. The van der Waals surface area contributed by atoms with Gasteiger partial charge in [-0.1, -0.05) is 12.6 Å². The number of hydrogen-bond acceptors (Lipinski definition) is 3. The molecule has 0 aliphatic heterocycles. The van der Waals surface area contributed by atoms with Gasteiger partial charge in [-0.05, 0) is 42.5 Å². The van der Waals surface area contributed by atoms with Crippen molar-refractivity contribution in [3.63, 3.8) is 0 Å². The molecular formula is C16H20N2O3. The minimum atomic E-state index is -0.282. The predicted octanol–water partition coefficient (Wildman–Crippen LogP) is 1.77. The van der Waals surface area contributed by atoms with Crippen LogP contribution in [0.5, 0.6) is 5.75 Å². The number of aryl methyl sites for hydroxylation is 1. The molecule has 0 atom stereocenters. The SMILES string of the molecule is C=CC(=O)N(C)CC(=O)Nc1c(OC)ccc2c1CCC2. The molecule has 5 nitrogen and oxygen atoms in total. The van der Waals surface area contributed by atoms with Crippen molar-refractivity contribution in [2.24, 2.45) is 0 Å². The van der Waals surface area contributed by atoms with Gasteiger partial charge in [-0.2, -0.15) is 0 Å². The molecule has 0 spiro atoms. The fourth-order valence-corrected chi connectivity index (χ4v) is 2.58. The first-order valence-corrected chi connectivity index (χ1v) is 6.93. The van der Waals surface area contributed by atoms with Crippen molar-refractivity contribution in [3.05, 3.63) is 35.9 Å². The standard InChI is InChI=1S/C16H20N2O3/c1-4-15(20)18(2)10-14(19)17-16-12-7-5-6-11(12)8-9-13(16)21-3/h4,8-9H,1,5-7,10H2,2-3H3,(H,17,19). The van der Waals surface area contributed by atoms with Crippen molar-refractivity contribution < 1.29 is 14.3 Å². The lowest BCUT2D eigenvalue weighted by atomic mass is 10.1. The highest BCUT2D eigenvalue weighted by Crippen LogP contribution is 2.36. The van der Waals surface area contributed by atoms with E-state index in [1.54, 1.807) is 14.2 Å². The zero-order chi connectivity index (χ0) is 15.4. The summed E-state index contributed by atoms with van der Waals surface area (Å²) in [6, 6.07) is 3.92. The van der Waals surface area contributed by atoms with Crippen molar-refractivity contribution in [2.75, 3.05) is 26.0 Å². The molecule has 1 aromatic carbocycles. The van der Waals surface area contributed by atoms with Crippen LogP contribution < -0.4 is 10.1 Å². The van der Waals surface area contributed by atoms with Crippen LogP contribution in [-0.2, 0) is 22.4 Å². The Morgan fingerprint density at radius 3 is 2.86 bits per heavy atom. The second-order valence-electron chi connectivity index (χ2n) is 5.08. The number of benzene rings is 1. The monoisotopic (exact) mass is 288 g/mol. The molecule has 1 N–H and O–H groups in total. The average Bonchev–Trinajstić information content (AvgIpc) is 2.95. The van der Waals surface area contributed by atoms with Gasteiger partial charge in [0.2, 0.25) is 11.8 Å². The molecule has 21 heavy (non-hydrogen) atoms. The number of anilines is 1. The first-order valence-electron chi connectivity index (χ1n) is 6.93. The van der Waals surface area contributed by atoms with Crippen LogP contribution in [-0.4, -0.2) is 37.4 Å². The zero-order valence-corrected chi connectivity index (χ0v) is 12.4. The maximum absolute atomic E-state index is 12.1. The van der Waals surface area contributed by atoms with Crippen molar-refractivity contribution >= 4 is 17.5 Å². The number of ether oxygens (including phenoxy) is 1. The predicted molar refractivity (Wildman–Crippen MR) is 81.5 cm³/mol. The summed E-state index contributed by atoms with van der Waals surface area (Å²) in [6.45, 7) is 3.39. The highest BCUT2D eigenvalue weighted by Gasteiger charge is 2.20. The molecule has 0 aromatic heterocycles. The van der Waals surface area contributed by atoms with Crippen molar-refractivity contribution in [1.29, 1.82) is 0 Å². The van der Waals surface area contributed by atoms with E-state index in [-0.39, 0.29) is 18.4 Å². The molecule has 0 saturated heterocycles. The molecule has 0 bridgehead atoms. The van der Waals surface area contributed by atoms with Gasteiger partial charge in [-0.25, -0.2) is 0 Å². The Labute approximate surface area is 124 Å². The van der Waals surface area contributed by atoms with Crippen LogP contribution in [0, 0.1) is 0 Å². The summed E-state index contributed by atoms with van der Waals surface area (Å²) in [7, 11) is 3.15. The number of methoxy groups -OCH3 is 1. The van der Waals surface area contributed by atoms with E-state index in [0.29, 0.717) is 5.75 Å². The summed E-state index contributed by atoms with van der Waals surface area (Å²) in [5.41, 5.74) is 3.12. The minimum absolute atomic E-state index is 0.0162. The molecule has 0 heterocycles. The molecule has 5 heteroatoms. The largest absolute Gasteiger partial charge is 0.495 e. The number of likely N-dealkylation sites (N-methyl/N-ethyl adjacent to an activating group) is 1. The molecule has 0 radical (unpaired) electrons. The number of nitrogens with one attached hydrogen (secondary N) is 1. The Bertz CT molecular complexity index is 581. The molecule has 1 aromatic rings. The molecule has 2 rings (SSSR count). The number of rotatable bonds is 5. The van der Waals surface area contributed by atoms with Crippen LogP contribution >= 0.6 is 0 Å². The van der Waals surface area contributed by atoms with E-state index in [0.717, 1.165) is 30.5 Å². The third kappa shape index (κ3) is 3.24. The van der Waals surface area contributed by atoms with Gasteiger partial charge in [0, 0.05) is 7.05 Å². The van der Waals surface area contributed by atoms with Gasteiger partial charge in [0.05, 0.1) is 19.3 Å². The van der Waals surface area contributed by atoms with Gasteiger partial charge in [0.1, 0.15) is 5.75 Å². The number of hydrogen-bond donors (Lipinski definition) is 1. The van der Waals surface area contributed by atoms with Gasteiger partial charge < -0.3 is 15.0 Å².